The molecule has 94 valence electrons. The highest BCUT2D eigenvalue weighted by molar-refractivity contribution is 7.99. The van der Waals surface area contributed by atoms with Crippen LogP contribution in [0.3, 0.4) is 0 Å². The first kappa shape index (κ1) is 13.9. The average Bonchev–Trinajstić information content (AvgIpc) is 2.36. The number of rotatable bonds is 7. The van der Waals surface area contributed by atoms with Crippen LogP contribution < -0.4 is 11.1 Å². The summed E-state index contributed by atoms with van der Waals surface area (Å²) in [6.45, 7) is 2.00. The molecule has 0 aliphatic rings. The maximum absolute atomic E-state index is 5.67. The van der Waals surface area contributed by atoms with Gasteiger partial charge in [0.05, 0.1) is 13.2 Å². The third-order valence-electron chi connectivity index (χ3n) is 2.00. The summed E-state index contributed by atoms with van der Waals surface area (Å²) >= 11 is 1.79. The molecule has 0 unspecified atom stereocenters. The van der Waals surface area contributed by atoms with Gasteiger partial charge in [0.25, 0.3) is 0 Å². The number of nitrogens with one attached hydrogen (secondary N) is 1. The Morgan fingerprint density at radius 3 is 2.88 bits per heavy atom. The van der Waals surface area contributed by atoms with Crippen LogP contribution in [0.25, 0.3) is 0 Å². The maximum atomic E-state index is 5.67. The van der Waals surface area contributed by atoms with E-state index in [2.05, 4.69) is 22.4 Å². The van der Waals surface area contributed by atoms with Crippen molar-refractivity contribution < 1.29 is 4.74 Å². The smallest absolute Gasteiger partial charge is 0.188 e. The fourth-order valence-corrected chi connectivity index (χ4v) is 1.97. The van der Waals surface area contributed by atoms with Gasteiger partial charge in [-0.05, 0) is 12.1 Å². The molecule has 17 heavy (non-hydrogen) atoms. The van der Waals surface area contributed by atoms with Crippen molar-refractivity contribution in [2.24, 2.45) is 10.7 Å². The van der Waals surface area contributed by atoms with Gasteiger partial charge in [0.1, 0.15) is 0 Å². The van der Waals surface area contributed by atoms with Crippen LogP contribution in [0.1, 0.15) is 0 Å². The predicted octanol–water partition coefficient (Wildman–Crippen LogP) is 1.33. The molecule has 1 aromatic rings. The second-order valence-electron chi connectivity index (χ2n) is 3.35. The van der Waals surface area contributed by atoms with E-state index < -0.39 is 0 Å². The van der Waals surface area contributed by atoms with Crippen molar-refractivity contribution in [3.05, 3.63) is 30.3 Å². The Morgan fingerprint density at radius 1 is 1.41 bits per heavy atom. The largest absolute Gasteiger partial charge is 0.383 e. The normalized spacial score (nSPS) is 11.5. The Balaban J connectivity index is 2.09. The fourth-order valence-electron chi connectivity index (χ4n) is 1.18. The zero-order valence-corrected chi connectivity index (χ0v) is 10.9. The Labute approximate surface area is 107 Å². The second-order valence-corrected chi connectivity index (χ2v) is 4.52. The number of thioether (sulfide) groups is 1. The molecule has 0 aromatic heterocycles. The molecule has 0 heterocycles. The topological polar surface area (TPSA) is 59.6 Å². The van der Waals surface area contributed by atoms with E-state index >= 15 is 0 Å². The van der Waals surface area contributed by atoms with Crippen molar-refractivity contribution in [1.29, 1.82) is 0 Å². The number of hydrogen-bond acceptors (Lipinski definition) is 3. The minimum absolute atomic E-state index is 0.482. The summed E-state index contributed by atoms with van der Waals surface area (Å²) in [5.74, 6) is 1.44. The van der Waals surface area contributed by atoms with Crippen molar-refractivity contribution in [2.75, 3.05) is 32.6 Å². The standard InChI is InChI=1S/C12H19N3OS/c1-16-9-7-14-12(13)15-8-10-17-11-5-3-2-4-6-11/h2-6H,7-10H2,1H3,(H3,13,14,15). The first-order chi connectivity index (χ1) is 8.33. The van der Waals surface area contributed by atoms with Gasteiger partial charge >= 0.3 is 0 Å². The summed E-state index contributed by atoms with van der Waals surface area (Å²) in [4.78, 5) is 5.38. The van der Waals surface area contributed by atoms with Crippen LogP contribution in [-0.2, 0) is 4.74 Å². The van der Waals surface area contributed by atoms with Gasteiger partial charge in [-0.1, -0.05) is 18.2 Å². The number of nitrogens with two attached hydrogens (primary N) is 1. The average molecular weight is 253 g/mol. The van der Waals surface area contributed by atoms with Crippen LogP contribution in [0.5, 0.6) is 0 Å². The fraction of sp³-hybridized carbons (Fsp3) is 0.417. The van der Waals surface area contributed by atoms with Crippen LogP contribution in [0.4, 0.5) is 0 Å². The Bertz CT molecular complexity index is 330. The Morgan fingerprint density at radius 2 is 2.18 bits per heavy atom. The molecule has 0 saturated heterocycles. The van der Waals surface area contributed by atoms with Crippen LogP contribution in [-0.4, -0.2) is 38.5 Å². The molecular weight excluding hydrogens is 234 g/mol. The van der Waals surface area contributed by atoms with Gasteiger partial charge in [-0.15, -0.1) is 11.8 Å². The van der Waals surface area contributed by atoms with Crippen LogP contribution in [0.15, 0.2) is 40.2 Å². The van der Waals surface area contributed by atoms with E-state index in [0.29, 0.717) is 19.1 Å². The zero-order chi connectivity index (χ0) is 12.3. The van der Waals surface area contributed by atoms with Gasteiger partial charge in [-0.3, -0.25) is 4.99 Å². The van der Waals surface area contributed by atoms with Crippen molar-refractivity contribution in [3.8, 4) is 0 Å². The monoisotopic (exact) mass is 253 g/mol. The molecule has 5 heteroatoms. The van der Waals surface area contributed by atoms with Gasteiger partial charge in [0.2, 0.25) is 0 Å². The quantitative estimate of drug-likeness (QED) is 0.333. The van der Waals surface area contributed by atoms with E-state index in [1.165, 1.54) is 4.90 Å². The molecule has 0 amide bonds. The third-order valence-corrected chi connectivity index (χ3v) is 3.01. The second kappa shape index (κ2) is 8.90. The van der Waals surface area contributed by atoms with Crippen molar-refractivity contribution >= 4 is 17.7 Å². The lowest BCUT2D eigenvalue weighted by Gasteiger charge is -2.05. The van der Waals surface area contributed by atoms with E-state index in [1.54, 1.807) is 18.9 Å². The molecule has 1 rings (SSSR count). The Hall–Kier alpha value is -1.20. The van der Waals surface area contributed by atoms with E-state index in [4.69, 9.17) is 10.5 Å². The number of hydrogen-bond donors (Lipinski definition) is 2. The first-order valence-electron chi connectivity index (χ1n) is 5.53. The molecule has 0 saturated carbocycles. The lowest BCUT2D eigenvalue weighted by molar-refractivity contribution is 0.208. The van der Waals surface area contributed by atoms with E-state index in [-0.39, 0.29) is 0 Å². The number of benzene rings is 1. The number of ether oxygens (including phenoxy) is 1. The van der Waals surface area contributed by atoms with E-state index in [1.807, 2.05) is 18.2 Å². The Kier molecular flexibility index (Phi) is 7.25. The molecule has 0 aliphatic carbocycles. The number of guanidine groups is 1. The van der Waals surface area contributed by atoms with Gasteiger partial charge in [0.15, 0.2) is 5.96 Å². The summed E-state index contributed by atoms with van der Waals surface area (Å²) in [5.41, 5.74) is 5.67. The van der Waals surface area contributed by atoms with Crippen molar-refractivity contribution in [2.45, 2.75) is 4.90 Å². The van der Waals surface area contributed by atoms with Crippen LogP contribution >= 0.6 is 11.8 Å². The number of aliphatic imine (C=N–C) groups is 1. The summed E-state index contributed by atoms with van der Waals surface area (Å²) in [7, 11) is 1.65. The van der Waals surface area contributed by atoms with Crippen LogP contribution in [0.2, 0.25) is 0 Å². The van der Waals surface area contributed by atoms with Crippen molar-refractivity contribution in [1.82, 2.24) is 5.32 Å². The minimum Gasteiger partial charge on any atom is -0.383 e. The molecule has 0 spiro atoms. The lowest BCUT2D eigenvalue weighted by atomic mass is 10.4. The summed E-state index contributed by atoms with van der Waals surface area (Å²) in [6.07, 6.45) is 0. The van der Waals surface area contributed by atoms with E-state index in [9.17, 15) is 0 Å². The molecule has 0 bridgehead atoms. The minimum atomic E-state index is 0.482. The molecule has 3 N–H and O–H groups in total. The number of nitrogens with zero attached hydrogens (tertiary/aromatic N) is 1. The summed E-state index contributed by atoms with van der Waals surface area (Å²) in [6, 6.07) is 10.3. The third kappa shape index (κ3) is 6.86. The first-order valence-corrected chi connectivity index (χ1v) is 6.52. The molecule has 0 atom stereocenters. The highest BCUT2D eigenvalue weighted by Gasteiger charge is 1.93. The highest BCUT2D eigenvalue weighted by atomic mass is 32.2. The molecule has 0 radical (unpaired) electrons. The summed E-state index contributed by atoms with van der Waals surface area (Å²) in [5, 5.41) is 3.06. The molecule has 0 fully saturated rings. The molecule has 4 nitrogen and oxygen atoms in total. The lowest BCUT2D eigenvalue weighted by Crippen LogP contribution is -2.33. The summed E-state index contributed by atoms with van der Waals surface area (Å²) < 4.78 is 4.88. The van der Waals surface area contributed by atoms with Gasteiger partial charge < -0.3 is 15.8 Å². The maximum Gasteiger partial charge on any atom is 0.188 e. The molecular formula is C12H19N3OS. The number of methoxy groups -OCH3 is 1. The predicted molar refractivity (Wildman–Crippen MR) is 73.5 cm³/mol. The SMILES string of the molecule is COCCN=C(N)NCCSc1ccccc1. The zero-order valence-electron chi connectivity index (χ0n) is 10.1. The highest BCUT2D eigenvalue weighted by Crippen LogP contribution is 2.15. The van der Waals surface area contributed by atoms with Crippen molar-refractivity contribution in [3.63, 3.8) is 0 Å². The van der Waals surface area contributed by atoms with Crippen LogP contribution in [0, 0.1) is 0 Å². The van der Waals surface area contributed by atoms with Gasteiger partial charge in [-0.25, -0.2) is 0 Å². The van der Waals surface area contributed by atoms with Gasteiger partial charge in [0, 0.05) is 24.3 Å². The molecule has 1 aromatic carbocycles. The van der Waals surface area contributed by atoms with Gasteiger partial charge in [-0.2, -0.15) is 0 Å². The van der Waals surface area contributed by atoms with E-state index in [0.717, 1.165) is 12.3 Å². The molecule has 0 aliphatic heterocycles.